The van der Waals surface area contributed by atoms with Crippen LogP contribution in [0.15, 0.2) is 23.1 Å². The maximum absolute atomic E-state index is 12.2. The number of ether oxygens (including phenoxy) is 2. The highest BCUT2D eigenvalue weighted by Crippen LogP contribution is 2.37. The van der Waals surface area contributed by atoms with Gasteiger partial charge in [0.2, 0.25) is 10.0 Å². The van der Waals surface area contributed by atoms with Gasteiger partial charge in [-0.2, -0.15) is 13.2 Å². The number of anilines is 1. The predicted octanol–water partition coefficient (Wildman–Crippen LogP) is 2.69. The third-order valence-corrected chi connectivity index (χ3v) is 6.41. The van der Waals surface area contributed by atoms with E-state index in [1.807, 2.05) is 0 Å². The smallest absolute Gasteiger partial charge is 0.402 e. The molecule has 2 aliphatic rings. The summed E-state index contributed by atoms with van der Waals surface area (Å²) in [5.74, 6) is 1.19. The van der Waals surface area contributed by atoms with Gasteiger partial charge in [-0.05, 0) is 43.4 Å². The van der Waals surface area contributed by atoms with Crippen molar-refractivity contribution in [1.29, 1.82) is 0 Å². The van der Waals surface area contributed by atoms with Gasteiger partial charge in [0, 0.05) is 5.92 Å². The van der Waals surface area contributed by atoms with Crippen LogP contribution in [0.25, 0.3) is 0 Å². The molecule has 0 radical (unpaired) electrons. The van der Waals surface area contributed by atoms with Crippen molar-refractivity contribution in [3.05, 3.63) is 18.2 Å². The number of benzene rings is 1. The summed E-state index contributed by atoms with van der Waals surface area (Å²) >= 11 is 0. The van der Waals surface area contributed by atoms with Crippen LogP contribution in [0, 0.1) is 11.8 Å². The molecule has 152 valence electrons. The summed E-state index contributed by atoms with van der Waals surface area (Å²) < 4.78 is 73.5. The Bertz CT molecular complexity index is 766. The molecule has 3 rings (SSSR count). The summed E-state index contributed by atoms with van der Waals surface area (Å²) in [7, 11) is -4.30. The number of nitrogens with one attached hydrogen (secondary N) is 1. The maximum atomic E-state index is 12.2. The second-order valence-corrected chi connectivity index (χ2v) is 8.88. The minimum Gasteiger partial charge on any atom is -0.491 e. The Hall–Kier alpha value is -1.52. The molecule has 1 aliphatic carbocycles. The van der Waals surface area contributed by atoms with Crippen molar-refractivity contribution in [3.63, 3.8) is 0 Å². The van der Waals surface area contributed by atoms with Crippen LogP contribution in [0.5, 0.6) is 5.75 Å². The Kier molecular flexibility index (Phi) is 5.87. The normalized spacial score (nSPS) is 24.0. The topological polar surface area (TPSA) is 90.7 Å². The largest absolute Gasteiger partial charge is 0.491 e. The van der Waals surface area contributed by atoms with Gasteiger partial charge in [0.05, 0.1) is 29.9 Å². The number of sulfonamides is 1. The molecule has 1 aliphatic heterocycles. The van der Waals surface area contributed by atoms with Crippen molar-refractivity contribution in [2.24, 2.45) is 11.8 Å². The van der Waals surface area contributed by atoms with Crippen LogP contribution in [0.4, 0.5) is 18.9 Å². The Labute approximate surface area is 156 Å². The van der Waals surface area contributed by atoms with Crippen molar-refractivity contribution in [2.45, 2.75) is 42.9 Å². The lowest BCUT2D eigenvalue weighted by Crippen LogP contribution is -2.33. The first-order valence-corrected chi connectivity index (χ1v) is 10.3. The monoisotopic (exact) mass is 408 g/mol. The first kappa shape index (κ1) is 20.2. The third kappa shape index (κ3) is 5.26. The van der Waals surface area contributed by atoms with Crippen molar-refractivity contribution >= 4 is 15.7 Å². The van der Waals surface area contributed by atoms with Crippen molar-refractivity contribution < 1.29 is 31.1 Å². The molecule has 2 fully saturated rings. The second-order valence-electron chi connectivity index (χ2n) is 7.11. The van der Waals surface area contributed by atoms with E-state index in [2.05, 4.69) is 0 Å². The maximum Gasteiger partial charge on any atom is 0.402 e. The second kappa shape index (κ2) is 7.84. The lowest BCUT2D eigenvalue weighted by molar-refractivity contribution is -0.121. The molecule has 0 aromatic heterocycles. The van der Waals surface area contributed by atoms with E-state index in [1.165, 1.54) is 36.1 Å². The molecule has 1 heterocycles. The van der Waals surface area contributed by atoms with E-state index in [1.54, 1.807) is 0 Å². The lowest BCUT2D eigenvalue weighted by Gasteiger charge is -2.30. The average Bonchev–Trinajstić information content (AvgIpc) is 2.98. The number of rotatable bonds is 7. The minimum absolute atomic E-state index is 0.0549. The van der Waals surface area contributed by atoms with E-state index in [9.17, 15) is 21.6 Å². The molecule has 0 amide bonds. The van der Waals surface area contributed by atoms with Crippen LogP contribution in [-0.4, -0.2) is 40.5 Å². The van der Waals surface area contributed by atoms with Crippen molar-refractivity contribution in [3.8, 4) is 5.75 Å². The Balaban J connectivity index is 1.55. The van der Waals surface area contributed by atoms with E-state index in [0.717, 1.165) is 12.5 Å². The summed E-state index contributed by atoms with van der Waals surface area (Å²) in [4.78, 5) is -0.342. The molecule has 0 spiro atoms. The van der Waals surface area contributed by atoms with Gasteiger partial charge in [-0.15, -0.1) is 0 Å². The summed E-state index contributed by atoms with van der Waals surface area (Å²) in [6.07, 6.45) is 0.264. The fourth-order valence-corrected chi connectivity index (χ4v) is 4.32. The summed E-state index contributed by atoms with van der Waals surface area (Å²) in [6, 6.07) is 3.62. The Morgan fingerprint density at radius 2 is 2.04 bits per heavy atom. The standard InChI is InChI=1S/C17H23F3N2O4S/c18-17(19,20)10-22-27(23,24)13-4-5-15(14(21)7-13)25-8-11-6-16(26-9-11)12-2-1-3-12/h4-5,7,11-12,16,22H,1-3,6,8-10,21H2. The van der Waals surface area contributed by atoms with Crippen LogP contribution >= 0.6 is 0 Å². The molecule has 1 saturated carbocycles. The minimum atomic E-state index is -4.64. The fraction of sp³-hybridized carbons (Fsp3) is 0.647. The number of hydrogen-bond donors (Lipinski definition) is 2. The number of nitrogen functional groups attached to an aromatic ring is 1. The van der Waals surface area contributed by atoms with Crippen LogP contribution < -0.4 is 15.2 Å². The molecule has 2 atom stereocenters. The molecule has 1 saturated heterocycles. The molecular weight excluding hydrogens is 385 g/mol. The number of halogens is 3. The van der Waals surface area contributed by atoms with Gasteiger partial charge in [0.1, 0.15) is 12.3 Å². The van der Waals surface area contributed by atoms with E-state index >= 15 is 0 Å². The van der Waals surface area contributed by atoms with E-state index in [0.29, 0.717) is 24.9 Å². The molecule has 1 aromatic rings. The number of hydrogen-bond acceptors (Lipinski definition) is 5. The zero-order chi connectivity index (χ0) is 19.7. The van der Waals surface area contributed by atoms with Gasteiger partial charge in [0.15, 0.2) is 0 Å². The molecule has 2 unspecified atom stereocenters. The highest BCUT2D eigenvalue weighted by molar-refractivity contribution is 7.89. The highest BCUT2D eigenvalue weighted by Gasteiger charge is 2.35. The van der Waals surface area contributed by atoms with Gasteiger partial charge in [0.25, 0.3) is 0 Å². The van der Waals surface area contributed by atoms with E-state index < -0.39 is 22.7 Å². The van der Waals surface area contributed by atoms with Gasteiger partial charge < -0.3 is 15.2 Å². The highest BCUT2D eigenvalue weighted by atomic mass is 32.2. The van der Waals surface area contributed by atoms with Gasteiger partial charge in [-0.3, -0.25) is 0 Å². The van der Waals surface area contributed by atoms with Gasteiger partial charge in [-0.1, -0.05) is 6.42 Å². The number of alkyl halides is 3. The zero-order valence-electron chi connectivity index (χ0n) is 14.7. The van der Waals surface area contributed by atoms with Gasteiger partial charge >= 0.3 is 6.18 Å². The summed E-state index contributed by atoms with van der Waals surface area (Å²) in [6.45, 7) is -0.627. The Morgan fingerprint density at radius 3 is 2.63 bits per heavy atom. The van der Waals surface area contributed by atoms with Crippen LogP contribution in [0.3, 0.4) is 0 Å². The van der Waals surface area contributed by atoms with E-state index in [-0.39, 0.29) is 22.6 Å². The fourth-order valence-electron chi connectivity index (χ4n) is 3.27. The van der Waals surface area contributed by atoms with Crippen LogP contribution in [-0.2, 0) is 14.8 Å². The molecule has 3 N–H and O–H groups in total. The summed E-state index contributed by atoms with van der Waals surface area (Å²) in [5.41, 5.74) is 5.88. The first-order valence-electron chi connectivity index (χ1n) is 8.84. The molecule has 10 heteroatoms. The van der Waals surface area contributed by atoms with Crippen LogP contribution in [0.1, 0.15) is 25.7 Å². The van der Waals surface area contributed by atoms with E-state index in [4.69, 9.17) is 15.2 Å². The third-order valence-electron chi connectivity index (χ3n) is 5.02. The molecule has 0 bridgehead atoms. The summed E-state index contributed by atoms with van der Waals surface area (Å²) in [5, 5.41) is 0. The predicted molar refractivity (Wildman–Crippen MR) is 92.8 cm³/mol. The van der Waals surface area contributed by atoms with Crippen molar-refractivity contribution in [1.82, 2.24) is 4.72 Å². The Morgan fingerprint density at radius 1 is 1.30 bits per heavy atom. The molecule has 6 nitrogen and oxygen atoms in total. The number of nitrogens with two attached hydrogens (primary N) is 1. The average molecular weight is 408 g/mol. The zero-order valence-corrected chi connectivity index (χ0v) is 15.5. The molecular formula is C17H23F3N2O4S. The quantitative estimate of drug-likeness (QED) is 0.677. The van der Waals surface area contributed by atoms with Gasteiger partial charge in [-0.25, -0.2) is 13.1 Å². The molecule has 1 aromatic carbocycles. The van der Waals surface area contributed by atoms with Crippen molar-refractivity contribution in [2.75, 3.05) is 25.5 Å². The van der Waals surface area contributed by atoms with Crippen LogP contribution in [0.2, 0.25) is 0 Å². The first-order chi connectivity index (χ1) is 12.6. The lowest BCUT2D eigenvalue weighted by atomic mass is 9.79. The molecule has 27 heavy (non-hydrogen) atoms. The SMILES string of the molecule is Nc1cc(S(=O)(=O)NCC(F)(F)F)ccc1OCC1COC(C2CCC2)C1.